The van der Waals surface area contributed by atoms with Gasteiger partial charge in [-0.1, -0.05) is 12.1 Å². The zero-order valence-electron chi connectivity index (χ0n) is 10.6. The number of nitrogens with zero attached hydrogens (tertiary/aromatic N) is 1. The number of likely N-dealkylation sites (tertiary alicyclic amines) is 1. The Kier molecular flexibility index (Phi) is 2.82. The summed E-state index contributed by atoms with van der Waals surface area (Å²) in [4.78, 5) is 13.4. The van der Waals surface area contributed by atoms with Gasteiger partial charge in [0.25, 0.3) is 5.92 Å². The molecule has 0 spiro atoms. The first-order valence-corrected chi connectivity index (χ1v) is 6.30. The molecule has 2 fully saturated rings. The second-order valence-electron chi connectivity index (χ2n) is 5.27. The number of benzene rings is 1. The van der Waals surface area contributed by atoms with E-state index < -0.39 is 17.8 Å². The van der Waals surface area contributed by atoms with E-state index in [1.807, 2.05) is 11.0 Å². The van der Waals surface area contributed by atoms with Gasteiger partial charge in [-0.3, -0.25) is 4.90 Å². The minimum Gasteiger partial charge on any atom is -0.465 e. The highest BCUT2D eigenvalue weighted by Gasteiger charge is 2.71. The van der Waals surface area contributed by atoms with Crippen molar-refractivity contribution in [3.8, 4) is 0 Å². The van der Waals surface area contributed by atoms with Gasteiger partial charge in [0.2, 0.25) is 0 Å². The molecule has 3 nitrogen and oxygen atoms in total. The number of hydrogen-bond acceptors (Lipinski definition) is 3. The number of esters is 1. The van der Waals surface area contributed by atoms with Crippen molar-refractivity contribution in [2.45, 2.75) is 12.5 Å². The van der Waals surface area contributed by atoms with Gasteiger partial charge in [-0.2, -0.15) is 0 Å². The third-order valence-electron chi connectivity index (χ3n) is 4.03. The van der Waals surface area contributed by atoms with Gasteiger partial charge in [-0.05, 0) is 17.7 Å². The first kappa shape index (κ1) is 12.5. The molecule has 3 rings (SSSR count). The van der Waals surface area contributed by atoms with Crippen LogP contribution in [0.2, 0.25) is 0 Å². The molecule has 1 aromatic carbocycles. The summed E-state index contributed by atoms with van der Waals surface area (Å²) in [6, 6.07) is 7.13. The van der Waals surface area contributed by atoms with E-state index in [4.69, 9.17) is 0 Å². The lowest BCUT2D eigenvalue weighted by Gasteiger charge is -2.19. The Morgan fingerprint density at radius 2 is 2.11 bits per heavy atom. The van der Waals surface area contributed by atoms with Crippen LogP contribution in [-0.2, 0) is 11.3 Å². The average molecular weight is 267 g/mol. The van der Waals surface area contributed by atoms with E-state index in [2.05, 4.69) is 4.74 Å². The number of piperidine rings is 1. The second kappa shape index (κ2) is 4.27. The maximum absolute atomic E-state index is 13.1. The number of alkyl halides is 2. The molecule has 19 heavy (non-hydrogen) atoms. The molecule has 2 unspecified atom stereocenters. The Labute approximate surface area is 110 Å². The normalized spacial score (nSPS) is 27.9. The molecule has 0 aromatic heterocycles. The van der Waals surface area contributed by atoms with Gasteiger partial charge in [-0.25, -0.2) is 13.6 Å². The first-order valence-electron chi connectivity index (χ1n) is 6.30. The number of methoxy groups -OCH3 is 1. The van der Waals surface area contributed by atoms with Crippen LogP contribution in [0.4, 0.5) is 8.78 Å². The molecule has 0 amide bonds. The Morgan fingerprint density at radius 1 is 1.42 bits per heavy atom. The van der Waals surface area contributed by atoms with E-state index >= 15 is 0 Å². The molecule has 1 saturated carbocycles. The Morgan fingerprint density at radius 3 is 2.74 bits per heavy atom. The Bertz CT molecular complexity index is 504. The second-order valence-corrected chi connectivity index (χ2v) is 5.27. The summed E-state index contributed by atoms with van der Waals surface area (Å²) in [6.45, 7) is 1.49. The molecule has 1 aromatic rings. The number of halogens is 2. The molecule has 1 heterocycles. The Balaban J connectivity index is 1.64. The smallest absolute Gasteiger partial charge is 0.337 e. The van der Waals surface area contributed by atoms with Gasteiger partial charge in [0.15, 0.2) is 0 Å². The number of ether oxygens (including phenoxy) is 1. The highest BCUT2D eigenvalue weighted by molar-refractivity contribution is 5.89. The Hall–Kier alpha value is -1.49. The quantitative estimate of drug-likeness (QED) is 0.786. The van der Waals surface area contributed by atoms with E-state index in [-0.39, 0.29) is 5.97 Å². The molecule has 1 saturated heterocycles. The molecule has 0 radical (unpaired) electrons. The zero-order valence-corrected chi connectivity index (χ0v) is 10.6. The summed E-state index contributed by atoms with van der Waals surface area (Å²) in [6.07, 6.45) is 0. The molecule has 2 aliphatic rings. The molecule has 1 aliphatic carbocycles. The molecule has 102 valence electrons. The van der Waals surface area contributed by atoms with Crippen LogP contribution in [0, 0.1) is 11.8 Å². The van der Waals surface area contributed by atoms with Crippen molar-refractivity contribution in [1.29, 1.82) is 0 Å². The minimum absolute atomic E-state index is 0.377. The fraction of sp³-hybridized carbons (Fsp3) is 0.500. The van der Waals surface area contributed by atoms with Crippen LogP contribution >= 0.6 is 0 Å². The standard InChI is InChI=1S/C14H15F2NO2/c1-19-13(18)10-4-2-3-9(5-10)6-17-7-11-12(8-17)14(11,15)16/h2-5,11-12H,6-8H2,1H3. The zero-order chi connectivity index (χ0) is 13.6. The van der Waals surface area contributed by atoms with Crippen molar-refractivity contribution in [3.63, 3.8) is 0 Å². The van der Waals surface area contributed by atoms with E-state index in [1.165, 1.54) is 7.11 Å². The molecular formula is C14H15F2NO2. The van der Waals surface area contributed by atoms with Crippen molar-refractivity contribution >= 4 is 5.97 Å². The number of carbonyl (C=O) groups is 1. The lowest BCUT2D eigenvalue weighted by atomic mass is 10.1. The van der Waals surface area contributed by atoms with Crippen LogP contribution in [0.1, 0.15) is 15.9 Å². The highest BCUT2D eigenvalue weighted by atomic mass is 19.3. The van der Waals surface area contributed by atoms with Crippen LogP contribution in [0.15, 0.2) is 24.3 Å². The molecular weight excluding hydrogens is 252 g/mol. The maximum Gasteiger partial charge on any atom is 0.337 e. The van der Waals surface area contributed by atoms with Gasteiger partial charge < -0.3 is 4.74 Å². The first-order chi connectivity index (χ1) is 9.02. The summed E-state index contributed by atoms with van der Waals surface area (Å²) in [7, 11) is 1.34. The van der Waals surface area contributed by atoms with Crippen molar-refractivity contribution in [1.82, 2.24) is 4.90 Å². The summed E-state index contributed by atoms with van der Waals surface area (Å²) >= 11 is 0. The lowest BCUT2D eigenvalue weighted by Crippen LogP contribution is -2.27. The van der Waals surface area contributed by atoms with E-state index in [0.29, 0.717) is 25.2 Å². The largest absolute Gasteiger partial charge is 0.465 e. The van der Waals surface area contributed by atoms with Crippen molar-refractivity contribution < 1.29 is 18.3 Å². The molecule has 0 bridgehead atoms. The van der Waals surface area contributed by atoms with E-state index in [0.717, 1.165) is 5.56 Å². The van der Waals surface area contributed by atoms with Crippen LogP contribution in [0.3, 0.4) is 0 Å². The van der Waals surface area contributed by atoms with Crippen LogP contribution in [0.25, 0.3) is 0 Å². The molecule has 1 aliphatic heterocycles. The minimum atomic E-state index is -2.44. The number of fused-ring (bicyclic) bond motifs is 1. The summed E-state index contributed by atoms with van der Waals surface area (Å²) in [5.41, 5.74) is 1.45. The van der Waals surface area contributed by atoms with Crippen LogP contribution in [0.5, 0.6) is 0 Å². The predicted molar refractivity (Wildman–Crippen MR) is 65.0 cm³/mol. The highest BCUT2D eigenvalue weighted by Crippen LogP contribution is 2.59. The summed E-state index contributed by atoms with van der Waals surface area (Å²) in [5.74, 6) is -3.74. The third-order valence-corrected chi connectivity index (χ3v) is 4.03. The third kappa shape index (κ3) is 2.12. The van der Waals surface area contributed by atoms with Crippen molar-refractivity contribution in [3.05, 3.63) is 35.4 Å². The van der Waals surface area contributed by atoms with Gasteiger partial charge >= 0.3 is 5.97 Å². The topological polar surface area (TPSA) is 29.5 Å². The summed E-state index contributed by atoms with van der Waals surface area (Å²) < 4.78 is 30.8. The average Bonchev–Trinajstić information content (AvgIpc) is 2.79. The van der Waals surface area contributed by atoms with Gasteiger partial charge in [0, 0.05) is 31.5 Å². The number of hydrogen-bond donors (Lipinski definition) is 0. The van der Waals surface area contributed by atoms with E-state index in [1.54, 1.807) is 18.2 Å². The summed E-state index contributed by atoms with van der Waals surface area (Å²) in [5, 5.41) is 0. The van der Waals surface area contributed by atoms with E-state index in [9.17, 15) is 13.6 Å². The molecule has 2 atom stereocenters. The fourth-order valence-corrected chi connectivity index (χ4v) is 2.89. The lowest BCUT2D eigenvalue weighted by molar-refractivity contribution is 0.0519. The SMILES string of the molecule is COC(=O)c1cccc(CN2CC3C(C2)C3(F)F)c1. The molecule has 5 heteroatoms. The van der Waals surface area contributed by atoms with Gasteiger partial charge in [0.05, 0.1) is 12.7 Å². The maximum atomic E-state index is 13.1. The monoisotopic (exact) mass is 267 g/mol. The number of rotatable bonds is 3. The van der Waals surface area contributed by atoms with Crippen LogP contribution in [-0.4, -0.2) is 37.0 Å². The van der Waals surface area contributed by atoms with Crippen LogP contribution < -0.4 is 0 Å². The van der Waals surface area contributed by atoms with Gasteiger partial charge in [-0.15, -0.1) is 0 Å². The number of carbonyl (C=O) groups excluding carboxylic acids is 1. The molecule has 0 N–H and O–H groups in total. The van der Waals surface area contributed by atoms with Crippen molar-refractivity contribution in [2.75, 3.05) is 20.2 Å². The van der Waals surface area contributed by atoms with Gasteiger partial charge in [0.1, 0.15) is 0 Å². The predicted octanol–water partition coefficient (Wildman–Crippen LogP) is 2.17. The van der Waals surface area contributed by atoms with Crippen molar-refractivity contribution in [2.24, 2.45) is 11.8 Å². The fourth-order valence-electron chi connectivity index (χ4n) is 2.89.